The molecule has 4 nitrogen and oxygen atoms in total. The number of carbonyl (C=O) groups excluding carboxylic acids is 1. The molecule has 1 spiro atoms. The van der Waals surface area contributed by atoms with Gasteiger partial charge in [0, 0.05) is 18.0 Å². The van der Waals surface area contributed by atoms with E-state index in [1.54, 1.807) is 11.8 Å². The highest BCUT2D eigenvalue weighted by molar-refractivity contribution is 8.00. The van der Waals surface area contributed by atoms with Crippen LogP contribution in [0.25, 0.3) is 0 Å². The summed E-state index contributed by atoms with van der Waals surface area (Å²) in [5, 5.41) is 9.10. The van der Waals surface area contributed by atoms with E-state index in [1.807, 2.05) is 23.1 Å². The van der Waals surface area contributed by atoms with Gasteiger partial charge in [-0.05, 0) is 43.2 Å². The first-order valence-electron chi connectivity index (χ1n) is 7.71. The number of piperidine rings is 1. The normalized spacial score (nSPS) is 22.6. The maximum absolute atomic E-state index is 12.3. The quantitative estimate of drug-likeness (QED) is 0.867. The fourth-order valence-electron chi connectivity index (χ4n) is 3.40. The van der Waals surface area contributed by atoms with Crippen molar-refractivity contribution in [3.63, 3.8) is 0 Å². The number of aryl methyl sites for hydroxylation is 1. The van der Waals surface area contributed by atoms with Crippen LogP contribution < -0.4 is 0 Å². The number of nitrogens with zero attached hydrogens (tertiary/aromatic N) is 1. The number of carboxylic acids is 1. The van der Waals surface area contributed by atoms with Crippen LogP contribution >= 0.6 is 11.8 Å². The summed E-state index contributed by atoms with van der Waals surface area (Å²) < 4.78 is 0. The van der Waals surface area contributed by atoms with Gasteiger partial charge in [-0.3, -0.25) is 9.59 Å². The van der Waals surface area contributed by atoms with E-state index in [4.69, 9.17) is 5.11 Å². The van der Waals surface area contributed by atoms with Gasteiger partial charge in [0.1, 0.15) is 0 Å². The SMILES string of the molecule is Cc1ccccc1SCC(=O)N1CCC2(CC1)CC2C(=O)O. The molecule has 1 unspecified atom stereocenters. The van der Waals surface area contributed by atoms with Gasteiger partial charge in [0.15, 0.2) is 0 Å². The van der Waals surface area contributed by atoms with E-state index < -0.39 is 5.97 Å². The molecule has 2 fully saturated rings. The Hall–Kier alpha value is -1.49. The van der Waals surface area contributed by atoms with Crippen molar-refractivity contribution in [1.29, 1.82) is 0 Å². The maximum atomic E-state index is 12.3. The van der Waals surface area contributed by atoms with E-state index in [0.717, 1.165) is 24.2 Å². The average Bonchev–Trinajstić information content (AvgIpc) is 3.21. The van der Waals surface area contributed by atoms with Crippen LogP contribution in [0.5, 0.6) is 0 Å². The molecule has 1 heterocycles. The molecule has 1 aromatic rings. The standard InChI is InChI=1S/C17H21NO3S/c1-12-4-2-3-5-14(12)22-11-15(19)18-8-6-17(7-9-18)10-13(17)16(20)21/h2-5,13H,6-11H2,1H3,(H,20,21). The fourth-order valence-corrected chi connectivity index (χ4v) is 4.33. The lowest BCUT2D eigenvalue weighted by Crippen LogP contribution is -2.40. The van der Waals surface area contributed by atoms with E-state index in [0.29, 0.717) is 18.8 Å². The van der Waals surface area contributed by atoms with E-state index in [2.05, 4.69) is 13.0 Å². The third kappa shape index (κ3) is 3.00. The number of likely N-dealkylation sites (tertiary alicyclic amines) is 1. The van der Waals surface area contributed by atoms with Crippen LogP contribution in [0.1, 0.15) is 24.8 Å². The molecule has 1 atom stereocenters. The van der Waals surface area contributed by atoms with Gasteiger partial charge in [0.25, 0.3) is 0 Å². The third-order valence-electron chi connectivity index (χ3n) is 5.04. The molecule has 0 bridgehead atoms. The van der Waals surface area contributed by atoms with Crippen LogP contribution in [0.2, 0.25) is 0 Å². The summed E-state index contributed by atoms with van der Waals surface area (Å²) in [5.41, 5.74) is 1.19. The Morgan fingerprint density at radius 3 is 2.59 bits per heavy atom. The number of thioether (sulfide) groups is 1. The van der Waals surface area contributed by atoms with Gasteiger partial charge in [-0.1, -0.05) is 18.2 Å². The molecule has 3 rings (SSSR count). The molecule has 5 heteroatoms. The molecule has 0 aromatic heterocycles. The number of benzene rings is 1. The van der Waals surface area contributed by atoms with Gasteiger partial charge in [-0.25, -0.2) is 0 Å². The van der Waals surface area contributed by atoms with Crippen LogP contribution in [0.15, 0.2) is 29.2 Å². The molecule has 1 saturated heterocycles. The molecule has 118 valence electrons. The number of rotatable bonds is 4. The molecular weight excluding hydrogens is 298 g/mol. The zero-order valence-corrected chi connectivity index (χ0v) is 13.6. The summed E-state index contributed by atoms with van der Waals surface area (Å²) in [6, 6.07) is 8.08. The first kappa shape index (κ1) is 15.4. The smallest absolute Gasteiger partial charge is 0.307 e. The molecule has 1 aliphatic heterocycles. The Balaban J connectivity index is 1.49. The maximum Gasteiger partial charge on any atom is 0.307 e. The van der Waals surface area contributed by atoms with Crippen LogP contribution in [0.3, 0.4) is 0 Å². The monoisotopic (exact) mass is 319 g/mol. The lowest BCUT2D eigenvalue weighted by molar-refractivity contribution is -0.139. The molecule has 2 aliphatic rings. The minimum absolute atomic E-state index is 0.00816. The van der Waals surface area contributed by atoms with Crippen molar-refractivity contribution in [3.8, 4) is 0 Å². The van der Waals surface area contributed by atoms with Gasteiger partial charge in [-0.2, -0.15) is 0 Å². The zero-order chi connectivity index (χ0) is 15.7. The molecule has 1 aliphatic carbocycles. The summed E-state index contributed by atoms with van der Waals surface area (Å²) in [4.78, 5) is 26.4. The van der Waals surface area contributed by atoms with Crippen molar-refractivity contribution < 1.29 is 14.7 Å². The summed E-state index contributed by atoms with van der Waals surface area (Å²) in [6.45, 7) is 3.46. The van der Waals surface area contributed by atoms with Crippen molar-refractivity contribution in [1.82, 2.24) is 4.90 Å². The van der Waals surface area contributed by atoms with Crippen molar-refractivity contribution in [2.75, 3.05) is 18.8 Å². The topological polar surface area (TPSA) is 57.6 Å². The Kier molecular flexibility index (Phi) is 4.17. The minimum atomic E-state index is -0.671. The Labute approximate surface area is 134 Å². The summed E-state index contributed by atoms with van der Waals surface area (Å²) in [5.74, 6) is -0.225. The molecular formula is C17H21NO3S. The number of carboxylic acid groups (broad SMARTS) is 1. The summed E-state index contributed by atoms with van der Waals surface area (Å²) in [7, 11) is 0. The predicted octanol–water partition coefficient (Wildman–Crippen LogP) is 2.80. The van der Waals surface area contributed by atoms with Gasteiger partial charge in [-0.15, -0.1) is 11.8 Å². The van der Waals surface area contributed by atoms with Crippen molar-refractivity contribution in [3.05, 3.63) is 29.8 Å². The highest BCUT2D eigenvalue weighted by Crippen LogP contribution is 2.59. The van der Waals surface area contributed by atoms with E-state index in [1.165, 1.54) is 5.56 Å². The van der Waals surface area contributed by atoms with Crippen LogP contribution in [0, 0.1) is 18.3 Å². The molecule has 1 amide bonds. The van der Waals surface area contributed by atoms with E-state index in [-0.39, 0.29) is 17.2 Å². The second-order valence-corrected chi connectivity index (χ2v) is 7.41. The highest BCUT2D eigenvalue weighted by Gasteiger charge is 2.59. The molecule has 1 aromatic carbocycles. The summed E-state index contributed by atoms with van der Waals surface area (Å²) >= 11 is 1.58. The van der Waals surface area contributed by atoms with Gasteiger partial charge in [0.2, 0.25) is 5.91 Å². The number of carbonyl (C=O) groups is 2. The molecule has 0 radical (unpaired) electrons. The lowest BCUT2D eigenvalue weighted by Gasteiger charge is -2.32. The van der Waals surface area contributed by atoms with Crippen LogP contribution in [-0.4, -0.2) is 40.7 Å². The predicted molar refractivity (Wildman–Crippen MR) is 85.9 cm³/mol. The lowest BCUT2D eigenvalue weighted by atomic mass is 9.91. The number of aliphatic carboxylic acids is 1. The number of hydrogen-bond acceptors (Lipinski definition) is 3. The molecule has 22 heavy (non-hydrogen) atoms. The van der Waals surface area contributed by atoms with Gasteiger partial charge >= 0.3 is 5.97 Å². The first-order chi connectivity index (χ1) is 10.5. The van der Waals surface area contributed by atoms with Crippen molar-refractivity contribution in [2.24, 2.45) is 11.3 Å². The zero-order valence-electron chi connectivity index (χ0n) is 12.7. The van der Waals surface area contributed by atoms with Gasteiger partial charge < -0.3 is 10.0 Å². The second kappa shape index (κ2) is 5.95. The molecule has 1 N–H and O–H groups in total. The number of hydrogen-bond donors (Lipinski definition) is 1. The second-order valence-electron chi connectivity index (χ2n) is 6.39. The largest absolute Gasteiger partial charge is 0.481 e. The van der Waals surface area contributed by atoms with Crippen molar-refractivity contribution in [2.45, 2.75) is 31.1 Å². The third-order valence-corrected chi connectivity index (χ3v) is 6.20. The first-order valence-corrected chi connectivity index (χ1v) is 8.69. The Morgan fingerprint density at radius 1 is 1.32 bits per heavy atom. The minimum Gasteiger partial charge on any atom is -0.481 e. The summed E-state index contributed by atoms with van der Waals surface area (Å²) in [6.07, 6.45) is 2.47. The van der Waals surface area contributed by atoms with Crippen molar-refractivity contribution >= 4 is 23.6 Å². The van der Waals surface area contributed by atoms with Crippen LogP contribution in [-0.2, 0) is 9.59 Å². The molecule has 1 saturated carbocycles. The Bertz CT molecular complexity index is 593. The van der Waals surface area contributed by atoms with E-state index in [9.17, 15) is 9.59 Å². The Morgan fingerprint density at radius 2 is 2.00 bits per heavy atom. The van der Waals surface area contributed by atoms with Gasteiger partial charge in [0.05, 0.1) is 11.7 Å². The van der Waals surface area contributed by atoms with Crippen LogP contribution in [0.4, 0.5) is 0 Å². The fraction of sp³-hybridized carbons (Fsp3) is 0.529. The number of amides is 1. The van der Waals surface area contributed by atoms with E-state index >= 15 is 0 Å². The highest BCUT2D eigenvalue weighted by atomic mass is 32.2. The average molecular weight is 319 g/mol.